The Morgan fingerprint density at radius 2 is 0.844 bits per heavy atom. The van der Waals surface area contributed by atoms with Crippen LogP contribution in [-0.4, -0.2) is 82.8 Å². The molecule has 0 bridgehead atoms. The fourth-order valence-corrected chi connectivity index (χ4v) is 3.08. The highest BCUT2D eigenvalue weighted by Gasteiger charge is 2.22. The monoisotopic (exact) mass is 460 g/mol. The Bertz CT molecular complexity index is 468. The molecule has 0 atom stereocenters. The van der Waals surface area contributed by atoms with E-state index in [9.17, 15) is 9.59 Å². The molecule has 32 heavy (non-hydrogen) atoms. The zero-order valence-electron chi connectivity index (χ0n) is 21.3. The number of hydrogen-bond donors (Lipinski definition) is 2. The Morgan fingerprint density at radius 3 is 1.12 bits per heavy atom. The van der Waals surface area contributed by atoms with Crippen molar-refractivity contribution in [2.45, 2.75) is 104 Å². The van der Waals surface area contributed by atoms with Crippen molar-refractivity contribution in [2.24, 2.45) is 0 Å². The van der Waals surface area contributed by atoms with Gasteiger partial charge < -0.3 is 29.5 Å². The molecule has 0 aliphatic rings. The van der Waals surface area contributed by atoms with Crippen LogP contribution in [0.4, 0.5) is 9.59 Å². The first kappa shape index (κ1) is 30.5. The second-order valence-corrected chi connectivity index (χ2v) is 10.2. The van der Waals surface area contributed by atoms with Crippen molar-refractivity contribution in [1.29, 1.82) is 0 Å². The number of rotatable bonds is 15. The molecule has 8 heteroatoms. The quantitative estimate of drug-likeness (QED) is 0.347. The molecule has 0 radical (unpaired) electrons. The van der Waals surface area contributed by atoms with E-state index < -0.39 is 11.2 Å². The summed E-state index contributed by atoms with van der Waals surface area (Å²) in [5, 5.41) is 18.1. The van der Waals surface area contributed by atoms with E-state index in [0.717, 1.165) is 38.5 Å². The molecule has 2 N–H and O–H groups in total. The van der Waals surface area contributed by atoms with Gasteiger partial charge in [-0.1, -0.05) is 25.7 Å². The van der Waals surface area contributed by atoms with E-state index in [2.05, 4.69) is 0 Å². The highest BCUT2D eigenvalue weighted by molar-refractivity contribution is 5.68. The van der Waals surface area contributed by atoms with Gasteiger partial charge in [0.1, 0.15) is 11.2 Å². The maximum atomic E-state index is 12.3. The molecule has 0 saturated carbocycles. The highest BCUT2D eigenvalue weighted by atomic mass is 16.6. The van der Waals surface area contributed by atoms with Crippen LogP contribution < -0.4 is 0 Å². The summed E-state index contributed by atoms with van der Waals surface area (Å²) in [5.41, 5.74) is -1.06. The van der Waals surface area contributed by atoms with E-state index in [1.165, 1.54) is 0 Å². The van der Waals surface area contributed by atoms with E-state index in [1.807, 2.05) is 41.5 Å². The number of carbonyl (C=O) groups excluding carboxylic acids is 2. The first-order chi connectivity index (χ1) is 14.9. The standard InChI is InChI=1S/C24H48N2O6/c1-23(2,3)31-21(29)25(17-13-19-27)15-11-9-7-8-10-12-16-26(18-14-20-28)22(30)32-24(4,5)6/h27-28H,7-20H2,1-6H3. The molecular formula is C24H48N2O6. The maximum Gasteiger partial charge on any atom is 0.410 e. The number of aliphatic hydroxyl groups excluding tert-OH is 2. The van der Waals surface area contributed by atoms with Crippen LogP contribution in [0.3, 0.4) is 0 Å². The van der Waals surface area contributed by atoms with Crippen LogP contribution in [0, 0.1) is 0 Å². The SMILES string of the molecule is CC(C)(C)OC(=O)N(CCCO)CCCCCCCCN(CCCO)C(=O)OC(C)(C)C. The third kappa shape index (κ3) is 17.1. The van der Waals surface area contributed by atoms with Crippen molar-refractivity contribution in [3.05, 3.63) is 0 Å². The minimum Gasteiger partial charge on any atom is -0.444 e. The van der Waals surface area contributed by atoms with Gasteiger partial charge in [0.2, 0.25) is 0 Å². The first-order valence-corrected chi connectivity index (χ1v) is 12.1. The van der Waals surface area contributed by atoms with E-state index in [4.69, 9.17) is 19.7 Å². The van der Waals surface area contributed by atoms with Crippen LogP contribution in [0.25, 0.3) is 0 Å². The number of ether oxygens (including phenoxy) is 2. The summed E-state index contributed by atoms with van der Waals surface area (Å²) in [5.74, 6) is 0. The zero-order valence-corrected chi connectivity index (χ0v) is 21.3. The van der Waals surface area contributed by atoms with Crippen molar-refractivity contribution in [2.75, 3.05) is 39.4 Å². The second-order valence-electron chi connectivity index (χ2n) is 10.2. The normalized spacial score (nSPS) is 11.9. The fourth-order valence-electron chi connectivity index (χ4n) is 3.08. The fraction of sp³-hybridized carbons (Fsp3) is 0.917. The van der Waals surface area contributed by atoms with Crippen LogP contribution in [0.1, 0.15) is 92.9 Å². The Morgan fingerprint density at radius 1 is 0.562 bits per heavy atom. The molecule has 0 saturated heterocycles. The average molecular weight is 461 g/mol. The topological polar surface area (TPSA) is 99.5 Å². The molecule has 0 aliphatic carbocycles. The van der Waals surface area contributed by atoms with Gasteiger partial charge in [-0.3, -0.25) is 0 Å². The van der Waals surface area contributed by atoms with E-state index in [-0.39, 0.29) is 25.4 Å². The minimum absolute atomic E-state index is 0.0535. The number of aliphatic hydroxyl groups is 2. The summed E-state index contributed by atoms with van der Waals surface area (Å²) in [7, 11) is 0. The number of amides is 2. The van der Waals surface area contributed by atoms with Gasteiger partial charge in [0.15, 0.2) is 0 Å². The van der Waals surface area contributed by atoms with Gasteiger partial charge in [-0.15, -0.1) is 0 Å². The Labute approximate surface area is 195 Å². The molecule has 0 aromatic rings. The Balaban J connectivity index is 4.20. The summed E-state index contributed by atoms with van der Waals surface area (Å²) in [6, 6.07) is 0. The van der Waals surface area contributed by atoms with Crippen molar-refractivity contribution >= 4 is 12.2 Å². The summed E-state index contributed by atoms with van der Waals surface area (Å²) in [6.45, 7) is 13.5. The number of unbranched alkanes of at least 4 members (excludes halogenated alkanes) is 5. The number of carbonyl (C=O) groups is 2. The maximum absolute atomic E-state index is 12.3. The lowest BCUT2D eigenvalue weighted by Crippen LogP contribution is -2.38. The third-order valence-electron chi connectivity index (χ3n) is 4.58. The lowest BCUT2D eigenvalue weighted by Gasteiger charge is -2.27. The summed E-state index contributed by atoms with van der Waals surface area (Å²) in [6.07, 6.45) is 6.38. The lowest BCUT2D eigenvalue weighted by molar-refractivity contribution is 0.0224. The predicted molar refractivity (Wildman–Crippen MR) is 127 cm³/mol. The zero-order chi connectivity index (χ0) is 24.6. The van der Waals surface area contributed by atoms with E-state index in [1.54, 1.807) is 9.80 Å². The van der Waals surface area contributed by atoms with Gasteiger partial charge >= 0.3 is 12.2 Å². The van der Waals surface area contributed by atoms with Gasteiger partial charge in [0.25, 0.3) is 0 Å². The van der Waals surface area contributed by atoms with Crippen LogP contribution in [0.2, 0.25) is 0 Å². The smallest absolute Gasteiger partial charge is 0.410 e. The molecule has 0 aromatic heterocycles. The highest BCUT2D eigenvalue weighted by Crippen LogP contribution is 2.14. The number of nitrogens with zero attached hydrogens (tertiary/aromatic N) is 2. The molecule has 0 aliphatic heterocycles. The van der Waals surface area contributed by atoms with Crippen molar-refractivity contribution in [1.82, 2.24) is 9.80 Å². The van der Waals surface area contributed by atoms with E-state index in [0.29, 0.717) is 39.0 Å². The minimum atomic E-state index is -0.529. The van der Waals surface area contributed by atoms with Gasteiger partial charge in [0, 0.05) is 39.4 Å². The molecule has 0 heterocycles. The molecule has 0 unspecified atom stereocenters. The summed E-state index contributed by atoms with van der Waals surface area (Å²) >= 11 is 0. The van der Waals surface area contributed by atoms with Crippen molar-refractivity contribution < 1.29 is 29.3 Å². The summed E-state index contributed by atoms with van der Waals surface area (Å²) in [4.78, 5) is 28.0. The predicted octanol–water partition coefficient (Wildman–Crippen LogP) is 4.57. The molecule has 2 amide bonds. The average Bonchev–Trinajstić information content (AvgIpc) is 2.65. The van der Waals surface area contributed by atoms with Gasteiger partial charge in [-0.25, -0.2) is 9.59 Å². The molecule has 8 nitrogen and oxygen atoms in total. The molecule has 190 valence electrons. The van der Waals surface area contributed by atoms with Crippen LogP contribution in [0.5, 0.6) is 0 Å². The molecule has 0 rings (SSSR count). The largest absolute Gasteiger partial charge is 0.444 e. The molecule has 0 fully saturated rings. The van der Waals surface area contributed by atoms with Crippen molar-refractivity contribution in [3.63, 3.8) is 0 Å². The molecule has 0 spiro atoms. The lowest BCUT2D eigenvalue weighted by atomic mass is 10.1. The third-order valence-corrected chi connectivity index (χ3v) is 4.58. The molecule has 0 aromatic carbocycles. The van der Waals surface area contributed by atoms with Crippen LogP contribution in [0.15, 0.2) is 0 Å². The van der Waals surface area contributed by atoms with Crippen LogP contribution >= 0.6 is 0 Å². The van der Waals surface area contributed by atoms with Crippen LogP contribution in [-0.2, 0) is 9.47 Å². The van der Waals surface area contributed by atoms with Crippen molar-refractivity contribution in [3.8, 4) is 0 Å². The second kappa shape index (κ2) is 16.1. The van der Waals surface area contributed by atoms with E-state index >= 15 is 0 Å². The first-order valence-electron chi connectivity index (χ1n) is 12.1. The van der Waals surface area contributed by atoms with Gasteiger partial charge in [0.05, 0.1) is 0 Å². The Kier molecular flexibility index (Phi) is 15.4. The van der Waals surface area contributed by atoms with Gasteiger partial charge in [-0.05, 0) is 67.2 Å². The van der Waals surface area contributed by atoms with Gasteiger partial charge in [-0.2, -0.15) is 0 Å². The molecular weight excluding hydrogens is 412 g/mol. The number of hydrogen-bond acceptors (Lipinski definition) is 6. The Hall–Kier alpha value is -1.54. The summed E-state index contributed by atoms with van der Waals surface area (Å²) < 4.78 is 10.9.